The van der Waals surface area contributed by atoms with Crippen molar-refractivity contribution >= 4 is 28.1 Å². The second kappa shape index (κ2) is 10.2. The lowest BCUT2D eigenvalue weighted by Gasteiger charge is -2.42. The Kier molecular flexibility index (Phi) is 6.83. The van der Waals surface area contributed by atoms with E-state index in [1.165, 1.54) is 0 Å². The highest BCUT2D eigenvalue weighted by atomic mass is 79.9. The molecule has 8 heteroatoms. The SMILES string of the molecule is COc1ccc(C=NNC(=O)c2cccc(Br)c2)cc1CN1C[C@H]2C[C@@H](C1)c1cccc(=O)n1C2. The van der Waals surface area contributed by atoms with Crippen molar-refractivity contribution in [3.8, 4) is 5.75 Å². The van der Waals surface area contributed by atoms with Crippen molar-refractivity contribution in [2.75, 3.05) is 20.2 Å². The van der Waals surface area contributed by atoms with Crippen LogP contribution in [0.1, 0.15) is 39.5 Å². The van der Waals surface area contributed by atoms with Crippen molar-refractivity contribution in [3.63, 3.8) is 0 Å². The van der Waals surface area contributed by atoms with E-state index in [4.69, 9.17) is 4.74 Å². The molecule has 3 heterocycles. The van der Waals surface area contributed by atoms with Crippen LogP contribution >= 0.6 is 15.9 Å². The number of amides is 1. The zero-order valence-corrected chi connectivity index (χ0v) is 21.1. The number of aromatic nitrogens is 1. The summed E-state index contributed by atoms with van der Waals surface area (Å²) < 4.78 is 8.42. The summed E-state index contributed by atoms with van der Waals surface area (Å²) in [4.78, 5) is 27.1. The summed E-state index contributed by atoms with van der Waals surface area (Å²) in [6.07, 6.45) is 2.77. The van der Waals surface area contributed by atoms with Crippen molar-refractivity contribution in [1.82, 2.24) is 14.9 Å². The molecule has 1 fully saturated rings. The molecule has 2 aliphatic heterocycles. The molecule has 0 radical (unpaired) electrons. The van der Waals surface area contributed by atoms with Crippen LogP contribution in [0.15, 0.2) is 75.0 Å². The lowest BCUT2D eigenvalue weighted by Crippen LogP contribution is -2.46. The van der Waals surface area contributed by atoms with E-state index < -0.39 is 0 Å². The predicted molar refractivity (Wildman–Crippen MR) is 139 cm³/mol. The Hall–Kier alpha value is -3.23. The second-order valence-electron chi connectivity index (χ2n) is 9.17. The van der Waals surface area contributed by atoms with Gasteiger partial charge in [0.05, 0.1) is 13.3 Å². The van der Waals surface area contributed by atoms with Gasteiger partial charge >= 0.3 is 0 Å². The molecule has 1 saturated heterocycles. The van der Waals surface area contributed by atoms with Gasteiger partial charge in [-0.3, -0.25) is 14.5 Å². The quantitative estimate of drug-likeness (QED) is 0.383. The van der Waals surface area contributed by atoms with Crippen LogP contribution in [0.5, 0.6) is 5.75 Å². The average molecular weight is 535 g/mol. The van der Waals surface area contributed by atoms with Crippen LogP contribution in [0.25, 0.3) is 0 Å². The third-order valence-corrected chi connectivity index (χ3v) is 7.21. The van der Waals surface area contributed by atoms with Crippen molar-refractivity contribution < 1.29 is 9.53 Å². The minimum Gasteiger partial charge on any atom is -0.496 e. The van der Waals surface area contributed by atoms with Crippen LogP contribution in [0.4, 0.5) is 0 Å². The fraction of sp³-hybridized carbons (Fsp3) is 0.296. The van der Waals surface area contributed by atoms with E-state index in [9.17, 15) is 9.59 Å². The summed E-state index contributed by atoms with van der Waals surface area (Å²) in [5.74, 6) is 1.38. The second-order valence-corrected chi connectivity index (χ2v) is 10.1. The number of rotatable bonds is 6. The molecule has 2 aliphatic rings. The maximum Gasteiger partial charge on any atom is 0.271 e. The van der Waals surface area contributed by atoms with Gasteiger partial charge in [-0.1, -0.05) is 28.1 Å². The first-order valence-electron chi connectivity index (χ1n) is 11.7. The van der Waals surface area contributed by atoms with Gasteiger partial charge in [-0.05, 0) is 60.4 Å². The minimum atomic E-state index is -0.268. The van der Waals surface area contributed by atoms with Crippen molar-refractivity contribution in [2.45, 2.75) is 25.4 Å². The number of pyridine rings is 1. The molecule has 2 aromatic carbocycles. The molecule has 2 bridgehead atoms. The number of nitrogens with zero attached hydrogens (tertiary/aromatic N) is 3. The zero-order valence-electron chi connectivity index (χ0n) is 19.5. The number of methoxy groups -OCH3 is 1. The van der Waals surface area contributed by atoms with Crippen LogP contribution in [-0.2, 0) is 13.1 Å². The van der Waals surface area contributed by atoms with Crippen molar-refractivity contribution in [1.29, 1.82) is 0 Å². The zero-order chi connectivity index (χ0) is 24.4. The van der Waals surface area contributed by atoms with Gasteiger partial charge in [-0.25, -0.2) is 5.43 Å². The molecular weight excluding hydrogens is 508 g/mol. The normalized spacial score (nSPS) is 19.4. The number of benzene rings is 2. The number of piperidine rings is 1. The smallest absolute Gasteiger partial charge is 0.271 e. The molecule has 0 aliphatic carbocycles. The van der Waals surface area contributed by atoms with E-state index in [1.54, 1.807) is 31.5 Å². The first-order valence-corrected chi connectivity index (χ1v) is 12.5. The Morgan fingerprint density at radius 1 is 1.14 bits per heavy atom. The number of likely N-dealkylation sites (tertiary alicyclic amines) is 1. The van der Waals surface area contributed by atoms with Crippen molar-refractivity contribution in [2.24, 2.45) is 11.0 Å². The number of carbonyl (C=O) groups excluding carboxylic acids is 1. The van der Waals surface area contributed by atoms with Crippen LogP contribution in [0.2, 0.25) is 0 Å². The van der Waals surface area contributed by atoms with E-state index in [1.807, 2.05) is 34.9 Å². The number of hydrogen-bond donors (Lipinski definition) is 1. The summed E-state index contributed by atoms with van der Waals surface area (Å²) in [5.41, 5.74) is 6.32. The number of carbonyl (C=O) groups is 1. The maximum atomic E-state index is 12.3. The highest BCUT2D eigenvalue weighted by molar-refractivity contribution is 9.10. The topological polar surface area (TPSA) is 75.9 Å². The number of nitrogens with one attached hydrogen (secondary N) is 1. The van der Waals surface area contributed by atoms with Crippen LogP contribution in [0, 0.1) is 5.92 Å². The van der Waals surface area contributed by atoms with Gasteiger partial charge in [-0.15, -0.1) is 0 Å². The average Bonchev–Trinajstić information content (AvgIpc) is 2.85. The molecule has 1 amide bonds. The Bertz CT molecular complexity index is 1340. The molecule has 5 rings (SSSR count). The number of hydrogen-bond acceptors (Lipinski definition) is 5. The van der Waals surface area contributed by atoms with Crippen LogP contribution in [0.3, 0.4) is 0 Å². The summed E-state index contributed by atoms with van der Waals surface area (Å²) >= 11 is 3.37. The highest BCUT2D eigenvalue weighted by Crippen LogP contribution is 2.36. The van der Waals surface area contributed by atoms with Crippen molar-refractivity contribution in [3.05, 3.63) is 97.9 Å². The summed E-state index contributed by atoms with van der Waals surface area (Å²) in [7, 11) is 1.68. The largest absolute Gasteiger partial charge is 0.496 e. The molecule has 7 nitrogen and oxygen atoms in total. The lowest BCUT2D eigenvalue weighted by atomic mass is 9.83. The third-order valence-electron chi connectivity index (χ3n) is 6.72. The van der Waals surface area contributed by atoms with Gasteiger partial charge in [-0.2, -0.15) is 5.10 Å². The summed E-state index contributed by atoms with van der Waals surface area (Å²) in [6.45, 7) is 3.38. The van der Waals surface area contributed by atoms with Crippen LogP contribution in [-0.4, -0.2) is 41.8 Å². The predicted octanol–water partition coefficient (Wildman–Crippen LogP) is 4.00. The Morgan fingerprint density at radius 2 is 2.00 bits per heavy atom. The molecule has 0 saturated carbocycles. The fourth-order valence-electron chi connectivity index (χ4n) is 5.23. The molecular formula is C27H27BrN4O3. The van der Waals surface area contributed by atoms with Crippen LogP contribution < -0.4 is 15.7 Å². The van der Waals surface area contributed by atoms with E-state index in [0.29, 0.717) is 17.4 Å². The third kappa shape index (κ3) is 5.23. The summed E-state index contributed by atoms with van der Waals surface area (Å²) in [5, 5.41) is 4.14. The lowest BCUT2D eigenvalue weighted by molar-refractivity contribution is 0.0955. The minimum absolute atomic E-state index is 0.103. The van der Waals surface area contributed by atoms with Gasteiger partial charge < -0.3 is 9.30 Å². The fourth-order valence-corrected chi connectivity index (χ4v) is 5.63. The molecule has 1 aromatic heterocycles. The number of hydrazone groups is 1. The highest BCUT2D eigenvalue weighted by Gasteiger charge is 2.34. The Balaban J connectivity index is 1.28. The molecule has 2 atom stereocenters. The number of fused-ring (bicyclic) bond motifs is 4. The standard InChI is InChI=1S/C27H27BrN4O3/c1-35-25-9-8-18(13-29-30-27(34)20-4-2-5-23(28)12-20)10-22(25)17-31-14-19-11-21(16-31)24-6-3-7-26(33)32(24)15-19/h2-10,12-13,19,21H,11,14-17H2,1H3,(H,30,34)/t19-,21+/m1/s1. The molecule has 0 unspecified atom stereocenters. The van der Waals surface area contributed by atoms with Gasteiger partial charge in [0, 0.05) is 59.5 Å². The first-order chi connectivity index (χ1) is 17.0. The van der Waals surface area contributed by atoms with E-state index in [2.05, 4.69) is 43.5 Å². The summed E-state index contributed by atoms with van der Waals surface area (Å²) in [6, 6.07) is 18.7. The molecule has 180 valence electrons. The Labute approximate surface area is 212 Å². The molecule has 0 spiro atoms. The first kappa shape index (κ1) is 23.5. The van der Waals surface area contributed by atoms with Gasteiger partial charge in [0.2, 0.25) is 0 Å². The Morgan fingerprint density at radius 3 is 2.83 bits per heavy atom. The van der Waals surface area contributed by atoms with Gasteiger partial charge in [0.25, 0.3) is 11.5 Å². The van der Waals surface area contributed by atoms with Gasteiger partial charge in [0.1, 0.15) is 5.75 Å². The monoisotopic (exact) mass is 534 g/mol. The number of ether oxygens (including phenoxy) is 1. The molecule has 1 N–H and O–H groups in total. The van der Waals surface area contributed by atoms with Gasteiger partial charge in [0.15, 0.2) is 0 Å². The molecule has 3 aromatic rings. The van der Waals surface area contributed by atoms with E-state index in [-0.39, 0.29) is 11.5 Å². The molecule has 35 heavy (non-hydrogen) atoms. The number of halogens is 1. The van der Waals surface area contributed by atoms with E-state index >= 15 is 0 Å². The maximum absolute atomic E-state index is 12.3. The van der Waals surface area contributed by atoms with E-state index in [0.717, 1.165) is 59.6 Å².